The maximum Gasteiger partial charge on any atom is 0.424 e. The Labute approximate surface area is 124 Å². The molecular formula is C15H19N3O3. The fourth-order valence-electron chi connectivity index (χ4n) is 1.30. The van der Waals surface area contributed by atoms with Crippen LogP contribution in [0.5, 0.6) is 0 Å². The Morgan fingerprint density at radius 2 is 1.90 bits per heavy atom. The number of nitrogens with zero attached hydrogens (tertiary/aromatic N) is 3. The number of carbonyl (C=O) groups excluding carboxylic acids is 1. The van der Waals surface area contributed by atoms with E-state index in [1.54, 1.807) is 0 Å². The lowest BCUT2D eigenvalue weighted by atomic mass is 10.2. The van der Waals surface area contributed by atoms with Gasteiger partial charge in [-0.15, -0.1) is 0 Å². The van der Waals surface area contributed by atoms with Crippen LogP contribution in [0.4, 0.5) is 0 Å². The molecule has 0 bridgehead atoms. The van der Waals surface area contributed by atoms with Gasteiger partial charge in [-0.05, 0) is 33.3 Å². The lowest BCUT2D eigenvalue weighted by Crippen LogP contribution is -2.27. The summed E-state index contributed by atoms with van der Waals surface area (Å²) in [6.07, 6.45) is 0. The Morgan fingerprint density at radius 3 is 2.43 bits per heavy atom. The van der Waals surface area contributed by atoms with Crippen LogP contribution in [0.1, 0.15) is 33.3 Å². The first kappa shape index (κ1) is 16.6. The smallest absolute Gasteiger partial charge is 0.424 e. The third-order valence-corrected chi connectivity index (χ3v) is 2.31. The summed E-state index contributed by atoms with van der Waals surface area (Å²) in [5, 5.41) is 3.77. The molecule has 0 aliphatic rings. The van der Waals surface area contributed by atoms with E-state index in [4.69, 9.17) is 15.1 Å². The number of benzene rings is 1. The maximum absolute atomic E-state index is 11.9. The number of ether oxygens (including phenoxy) is 1. The molecule has 6 heteroatoms. The first-order valence-electron chi connectivity index (χ1n) is 6.50. The Hall–Kier alpha value is -2.46. The van der Waals surface area contributed by atoms with Crippen molar-refractivity contribution in [1.82, 2.24) is 0 Å². The van der Waals surface area contributed by atoms with Gasteiger partial charge in [0.25, 0.3) is 0 Å². The van der Waals surface area contributed by atoms with Gasteiger partial charge in [0.1, 0.15) is 12.2 Å². The highest BCUT2D eigenvalue weighted by atomic mass is 16.6. The number of carbonyl (C=O) groups is 1. The molecule has 1 rings (SSSR count). The molecule has 0 saturated heterocycles. The summed E-state index contributed by atoms with van der Waals surface area (Å²) in [4.78, 5) is 20.0. The van der Waals surface area contributed by atoms with E-state index < -0.39 is 11.6 Å². The third kappa shape index (κ3) is 6.01. The number of hydrogen-bond acceptors (Lipinski definition) is 4. The maximum atomic E-state index is 11.9. The third-order valence-electron chi connectivity index (χ3n) is 2.31. The molecule has 0 heterocycles. The monoisotopic (exact) mass is 289 g/mol. The summed E-state index contributed by atoms with van der Waals surface area (Å²) >= 11 is 0. The van der Waals surface area contributed by atoms with Gasteiger partial charge in [0.05, 0.1) is 0 Å². The van der Waals surface area contributed by atoms with Crippen molar-refractivity contribution in [3.05, 3.63) is 41.4 Å². The second-order valence-electron chi connectivity index (χ2n) is 5.39. The van der Waals surface area contributed by atoms with E-state index in [1.807, 2.05) is 51.1 Å². The van der Waals surface area contributed by atoms with Gasteiger partial charge in [-0.25, -0.2) is 4.79 Å². The molecule has 0 unspecified atom stereocenters. The van der Waals surface area contributed by atoms with Crippen molar-refractivity contribution < 1.29 is 19.2 Å². The summed E-state index contributed by atoms with van der Waals surface area (Å²) in [6, 6.07) is 9.20. The molecule has 0 radical (unpaired) electrons. The number of hydrogen-bond donors (Lipinski definition) is 0. The second kappa shape index (κ2) is 7.36. The van der Waals surface area contributed by atoms with E-state index in [1.165, 1.54) is 6.92 Å². The predicted octanol–water partition coefficient (Wildman–Crippen LogP) is 2.59. The number of esters is 1. The van der Waals surface area contributed by atoms with Crippen LogP contribution in [0.2, 0.25) is 0 Å². The predicted molar refractivity (Wildman–Crippen MR) is 78.8 cm³/mol. The molecule has 0 aliphatic heterocycles. The molecule has 0 N–H and O–H groups in total. The summed E-state index contributed by atoms with van der Waals surface area (Å²) in [5.74, 6) is -0.764. The molecule has 0 amide bonds. The molecular weight excluding hydrogens is 270 g/mol. The summed E-state index contributed by atoms with van der Waals surface area (Å²) in [5.41, 5.74) is 9.14. The molecule has 6 nitrogen and oxygen atoms in total. The van der Waals surface area contributed by atoms with Crippen LogP contribution in [0.3, 0.4) is 0 Å². The molecule has 1 aromatic rings. The van der Waals surface area contributed by atoms with Crippen LogP contribution < -0.4 is 0 Å². The number of oxime groups is 1. The van der Waals surface area contributed by atoms with Crippen molar-refractivity contribution >= 4 is 17.4 Å². The summed E-state index contributed by atoms with van der Waals surface area (Å²) in [6.45, 7) is 7.03. The lowest BCUT2D eigenvalue weighted by molar-refractivity contribution is -0.141. The Balaban J connectivity index is 2.68. The lowest BCUT2D eigenvalue weighted by Gasteiger charge is -2.15. The zero-order valence-corrected chi connectivity index (χ0v) is 12.7. The average molecular weight is 289 g/mol. The molecule has 0 spiro atoms. The van der Waals surface area contributed by atoms with Crippen LogP contribution >= 0.6 is 0 Å². The first-order valence-corrected chi connectivity index (χ1v) is 6.50. The molecule has 21 heavy (non-hydrogen) atoms. The van der Waals surface area contributed by atoms with Gasteiger partial charge in [0, 0.05) is 0 Å². The van der Waals surface area contributed by atoms with Crippen molar-refractivity contribution in [3.63, 3.8) is 0 Å². The second-order valence-corrected chi connectivity index (χ2v) is 5.39. The fourth-order valence-corrected chi connectivity index (χ4v) is 1.30. The normalized spacial score (nSPS) is 11.5. The van der Waals surface area contributed by atoms with Gasteiger partial charge in [-0.2, -0.15) is 4.79 Å². The highest BCUT2D eigenvalue weighted by Crippen LogP contribution is 2.07. The summed E-state index contributed by atoms with van der Waals surface area (Å²) in [7, 11) is 0. The molecule has 1 aromatic carbocycles. The highest BCUT2D eigenvalue weighted by molar-refractivity contribution is 6.63. The van der Waals surface area contributed by atoms with Crippen molar-refractivity contribution in [2.45, 2.75) is 39.9 Å². The zero-order chi connectivity index (χ0) is 15.9. The van der Waals surface area contributed by atoms with E-state index in [0.717, 1.165) is 5.56 Å². The van der Waals surface area contributed by atoms with Crippen molar-refractivity contribution in [2.75, 3.05) is 0 Å². The van der Waals surface area contributed by atoms with Gasteiger partial charge in [-0.3, -0.25) is 0 Å². The minimum Gasteiger partial charge on any atom is -0.452 e. The van der Waals surface area contributed by atoms with Crippen molar-refractivity contribution in [2.24, 2.45) is 5.16 Å². The molecule has 0 atom stereocenters. The SMILES string of the molecule is C/C(=N\OC(C)(C)C)C(=[N+]=[N-])C(=O)OCc1ccccc1. The minimum absolute atomic E-state index is 0.0894. The largest absolute Gasteiger partial charge is 0.452 e. The van der Waals surface area contributed by atoms with Gasteiger partial charge in [0.15, 0.2) is 5.71 Å². The van der Waals surface area contributed by atoms with E-state index in [9.17, 15) is 4.79 Å². The van der Waals surface area contributed by atoms with Gasteiger partial charge in [-0.1, -0.05) is 35.5 Å². The fraction of sp³-hybridized carbons (Fsp3) is 0.400. The van der Waals surface area contributed by atoms with E-state index in [-0.39, 0.29) is 18.0 Å². The Bertz CT molecular complexity index is 568. The van der Waals surface area contributed by atoms with Crippen molar-refractivity contribution in [3.8, 4) is 0 Å². The first-order chi connectivity index (χ1) is 9.83. The van der Waals surface area contributed by atoms with E-state index in [2.05, 4.69) is 9.95 Å². The van der Waals surface area contributed by atoms with Crippen LogP contribution in [0, 0.1) is 0 Å². The summed E-state index contributed by atoms with van der Waals surface area (Å²) < 4.78 is 5.07. The van der Waals surface area contributed by atoms with Crippen molar-refractivity contribution in [1.29, 1.82) is 0 Å². The average Bonchev–Trinajstić information content (AvgIpc) is 2.44. The van der Waals surface area contributed by atoms with Gasteiger partial charge >= 0.3 is 11.7 Å². The zero-order valence-electron chi connectivity index (χ0n) is 12.7. The Kier molecular flexibility index (Phi) is 5.81. The molecule has 0 fully saturated rings. The standard InChI is InChI=1S/C15H19N3O3/c1-11(18-21-15(2,3)4)13(17-16)14(19)20-10-12-8-6-5-7-9-12/h5-9H,10H2,1-4H3/b18-11+. The highest BCUT2D eigenvalue weighted by Gasteiger charge is 2.27. The van der Waals surface area contributed by atoms with Gasteiger partial charge in [0.2, 0.25) is 0 Å². The van der Waals surface area contributed by atoms with E-state index in [0.29, 0.717) is 0 Å². The quantitative estimate of drug-likeness (QED) is 0.274. The molecule has 112 valence electrons. The van der Waals surface area contributed by atoms with Crippen LogP contribution in [-0.2, 0) is 21.0 Å². The topological polar surface area (TPSA) is 84.3 Å². The van der Waals surface area contributed by atoms with Crippen LogP contribution in [0.15, 0.2) is 35.5 Å². The molecule has 0 aromatic heterocycles. The van der Waals surface area contributed by atoms with Gasteiger partial charge < -0.3 is 15.1 Å². The molecule has 0 saturated carbocycles. The molecule has 0 aliphatic carbocycles. The van der Waals surface area contributed by atoms with Crippen LogP contribution in [0.25, 0.3) is 5.53 Å². The van der Waals surface area contributed by atoms with E-state index >= 15 is 0 Å². The Morgan fingerprint density at radius 1 is 1.29 bits per heavy atom. The number of rotatable bonds is 5. The minimum atomic E-state index is -0.764. The van der Waals surface area contributed by atoms with Crippen LogP contribution in [-0.4, -0.2) is 27.8 Å².